The third kappa shape index (κ3) is 2.12. The number of carbonyl (C=O) groups is 1. The van der Waals surface area contributed by atoms with Gasteiger partial charge >= 0.3 is 0 Å². The molecule has 0 spiro atoms. The number of nitrogens with two attached hydrogens (primary N) is 1. The summed E-state index contributed by atoms with van der Waals surface area (Å²) in [7, 11) is 1.64. The van der Waals surface area contributed by atoms with Gasteiger partial charge in [0.05, 0.1) is 7.11 Å². The predicted octanol–water partition coefficient (Wildman–Crippen LogP) is 2.02. The van der Waals surface area contributed by atoms with Crippen LogP contribution in [0.5, 0.6) is 5.75 Å². The van der Waals surface area contributed by atoms with Gasteiger partial charge in [0.25, 0.3) is 5.91 Å². The first-order valence-corrected chi connectivity index (χ1v) is 6.81. The fraction of sp³-hybridized carbons (Fsp3) is 0.312. The van der Waals surface area contributed by atoms with E-state index in [-0.39, 0.29) is 11.9 Å². The van der Waals surface area contributed by atoms with Crippen molar-refractivity contribution in [2.24, 2.45) is 5.73 Å². The van der Waals surface area contributed by atoms with Crippen molar-refractivity contribution in [1.82, 2.24) is 4.90 Å². The van der Waals surface area contributed by atoms with Crippen LogP contribution >= 0.6 is 0 Å². The lowest BCUT2D eigenvalue weighted by Gasteiger charge is -2.17. The van der Waals surface area contributed by atoms with E-state index in [0.717, 1.165) is 35.1 Å². The fourth-order valence-electron chi connectivity index (χ4n) is 2.78. The maximum atomic E-state index is 12.6. The average Bonchev–Trinajstić information content (AvgIpc) is 2.92. The summed E-state index contributed by atoms with van der Waals surface area (Å²) in [5.41, 5.74) is 6.60. The maximum absolute atomic E-state index is 12.6. The van der Waals surface area contributed by atoms with Gasteiger partial charge in [-0.3, -0.25) is 4.79 Å². The highest BCUT2D eigenvalue weighted by Crippen LogP contribution is 2.29. The topological polar surface area (TPSA) is 55.6 Å². The molecule has 1 fully saturated rings. The third-order valence-corrected chi connectivity index (χ3v) is 3.85. The van der Waals surface area contributed by atoms with Gasteiger partial charge in [0.2, 0.25) is 0 Å². The Morgan fingerprint density at radius 2 is 2.00 bits per heavy atom. The second-order valence-corrected chi connectivity index (χ2v) is 5.16. The summed E-state index contributed by atoms with van der Waals surface area (Å²) in [5, 5.41) is 1.89. The summed E-state index contributed by atoms with van der Waals surface area (Å²) in [6.07, 6.45) is 0.875. The molecule has 2 aromatic rings. The van der Waals surface area contributed by atoms with Gasteiger partial charge in [-0.15, -0.1) is 0 Å². The fourth-order valence-corrected chi connectivity index (χ4v) is 2.78. The van der Waals surface area contributed by atoms with Crippen LogP contribution in [-0.2, 0) is 0 Å². The van der Waals surface area contributed by atoms with E-state index in [2.05, 4.69) is 0 Å². The first-order chi connectivity index (χ1) is 9.70. The highest BCUT2D eigenvalue weighted by molar-refractivity contribution is 6.08. The largest absolute Gasteiger partial charge is 0.496 e. The van der Waals surface area contributed by atoms with Crippen LogP contribution in [0.25, 0.3) is 10.8 Å². The van der Waals surface area contributed by atoms with Crippen molar-refractivity contribution in [2.75, 3.05) is 20.2 Å². The van der Waals surface area contributed by atoms with Gasteiger partial charge < -0.3 is 15.4 Å². The van der Waals surface area contributed by atoms with Crippen molar-refractivity contribution >= 4 is 16.7 Å². The molecule has 4 heteroatoms. The Labute approximate surface area is 118 Å². The van der Waals surface area contributed by atoms with Crippen LogP contribution < -0.4 is 10.5 Å². The molecule has 0 bridgehead atoms. The second kappa shape index (κ2) is 5.13. The highest BCUT2D eigenvalue weighted by Gasteiger charge is 2.25. The number of nitrogens with zero attached hydrogens (tertiary/aromatic N) is 1. The summed E-state index contributed by atoms with van der Waals surface area (Å²) in [4.78, 5) is 14.5. The Balaban J connectivity index is 2.06. The molecule has 20 heavy (non-hydrogen) atoms. The molecule has 0 saturated carbocycles. The molecule has 2 aromatic carbocycles. The summed E-state index contributed by atoms with van der Waals surface area (Å²) < 4.78 is 5.36. The zero-order valence-corrected chi connectivity index (χ0v) is 11.5. The monoisotopic (exact) mass is 270 g/mol. The molecule has 1 aliphatic rings. The number of hydrogen-bond donors (Lipinski definition) is 1. The summed E-state index contributed by atoms with van der Waals surface area (Å²) >= 11 is 0. The van der Waals surface area contributed by atoms with Gasteiger partial charge in [-0.05, 0) is 23.9 Å². The van der Waals surface area contributed by atoms with Gasteiger partial charge in [0.15, 0.2) is 0 Å². The van der Waals surface area contributed by atoms with Crippen molar-refractivity contribution in [1.29, 1.82) is 0 Å². The molecule has 0 aromatic heterocycles. The van der Waals surface area contributed by atoms with E-state index in [9.17, 15) is 4.79 Å². The SMILES string of the molecule is COc1ccc(C(=O)N2CC[C@@H](N)C2)c2ccccc12. The molecule has 1 amide bonds. The Hall–Kier alpha value is -2.07. The molecule has 1 saturated heterocycles. The summed E-state index contributed by atoms with van der Waals surface area (Å²) in [5.74, 6) is 0.840. The maximum Gasteiger partial charge on any atom is 0.254 e. The van der Waals surface area contributed by atoms with Gasteiger partial charge in [-0.1, -0.05) is 24.3 Å². The number of carbonyl (C=O) groups excluding carboxylic acids is 1. The number of rotatable bonds is 2. The molecule has 0 radical (unpaired) electrons. The van der Waals surface area contributed by atoms with E-state index in [1.165, 1.54) is 0 Å². The Morgan fingerprint density at radius 3 is 2.65 bits per heavy atom. The molecule has 0 aliphatic carbocycles. The molecule has 1 atom stereocenters. The minimum Gasteiger partial charge on any atom is -0.496 e. The molecule has 4 nitrogen and oxygen atoms in total. The van der Waals surface area contributed by atoms with E-state index in [1.807, 2.05) is 41.3 Å². The molecular formula is C16H18N2O2. The van der Waals surface area contributed by atoms with Crippen molar-refractivity contribution < 1.29 is 9.53 Å². The minimum atomic E-state index is 0.0526. The lowest BCUT2D eigenvalue weighted by molar-refractivity contribution is 0.0793. The van der Waals surface area contributed by atoms with Crippen LogP contribution in [-0.4, -0.2) is 37.0 Å². The zero-order valence-electron chi connectivity index (χ0n) is 11.5. The van der Waals surface area contributed by atoms with Crippen LogP contribution in [0.1, 0.15) is 16.8 Å². The number of benzene rings is 2. The summed E-state index contributed by atoms with van der Waals surface area (Å²) in [6.45, 7) is 1.37. The molecule has 0 unspecified atom stereocenters. The first kappa shape index (κ1) is 12.9. The predicted molar refractivity (Wildman–Crippen MR) is 79.0 cm³/mol. The smallest absolute Gasteiger partial charge is 0.254 e. The molecule has 3 rings (SSSR count). The van der Waals surface area contributed by atoms with Crippen molar-refractivity contribution in [3.63, 3.8) is 0 Å². The molecular weight excluding hydrogens is 252 g/mol. The normalized spacial score (nSPS) is 18.5. The third-order valence-electron chi connectivity index (χ3n) is 3.85. The number of amides is 1. The van der Waals surface area contributed by atoms with Gasteiger partial charge in [-0.2, -0.15) is 0 Å². The van der Waals surface area contributed by atoms with Crippen molar-refractivity contribution in [3.8, 4) is 5.75 Å². The Morgan fingerprint density at radius 1 is 1.25 bits per heavy atom. The number of ether oxygens (including phenoxy) is 1. The first-order valence-electron chi connectivity index (χ1n) is 6.81. The van der Waals surface area contributed by atoms with Crippen LogP contribution in [0.3, 0.4) is 0 Å². The van der Waals surface area contributed by atoms with E-state index in [4.69, 9.17) is 10.5 Å². The van der Waals surface area contributed by atoms with E-state index >= 15 is 0 Å². The number of fused-ring (bicyclic) bond motifs is 1. The van der Waals surface area contributed by atoms with Crippen LogP contribution in [0.4, 0.5) is 0 Å². The number of methoxy groups -OCH3 is 1. The van der Waals surface area contributed by atoms with Gasteiger partial charge in [0, 0.05) is 30.1 Å². The molecule has 104 valence electrons. The number of hydrogen-bond acceptors (Lipinski definition) is 3. The van der Waals surface area contributed by atoms with E-state index < -0.39 is 0 Å². The van der Waals surface area contributed by atoms with Crippen molar-refractivity contribution in [3.05, 3.63) is 42.0 Å². The average molecular weight is 270 g/mol. The van der Waals surface area contributed by atoms with Crippen molar-refractivity contribution in [2.45, 2.75) is 12.5 Å². The van der Waals surface area contributed by atoms with Crippen LogP contribution in [0, 0.1) is 0 Å². The Kier molecular flexibility index (Phi) is 3.32. The minimum absolute atomic E-state index is 0.0526. The lowest BCUT2D eigenvalue weighted by atomic mass is 10.0. The van der Waals surface area contributed by atoms with Gasteiger partial charge in [-0.25, -0.2) is 0 Å². The Bertz CT molecular complexity index is 654. The highest BCUT2D eigenvalue weighted by atomic mass is 16.5. The summed E-state index contributed by atoms with van der Waals surface area (Å²) in [6, 6.07) is 11.6. The van der Waals surface area contributed by atoms with E-state index in [1.54, 1.807) is 7.11 Å². The number of likely N-dealkylation sites (tertiary alicyclic amines) is 1. The second-order valence-electron chi connectivity index (χ2n) is 5.16. The quantitative estimate of drug-likeness (QED) is 0.908. The molecule has 2 N–H and O–H groups in total. The zero-order chi connectivity index (χ0) is 14.1. The van der Waals surface area contributed by atoms with E-state index in [0.29, 0.717) is 6.54 Å². The van der Waals surface area contributed by atoms with Crippen LogP contribution in [0.15, 0.2) is 36.4 Å². The van der Waals surface area contributed by atoms with Gasteiger partial charge in [0.1, 0.15) is 5.75 Å². The molecule has 1 heterocycles. The molecule has 1 aliphatic heterocycles. The lowest BCUT2D eigenvalue weighted by Crippen LogP contribution is -2.32. The van der Waals surface area contributed by atoms with Crippen LogP contribution in [0.2, 0.25) is 0 Å². The standard InChI is InChI=1S/C16H18N2O2/c1-20-15-7-6-14(12-4-2-3-5-13(12)15)16(19)18-9-8-11(17)10-18/h2-7,11H,8-10,17H2,1H3/t11-/m1/s1.